The van der Waals surface area contributed by atoms with Gasteiger partial charge in [0.25, 0.3) is 11.1 Å². The maximum absolute atomic E-state index is 13.8. The summed E-state index contributed by atoms with van der Waals surface area (Å²) in [5, 5.41) is 10.6. The van der Waals surface area contributed by atoms with Crippen molar-refractivity contribution < 1.29 is 41.9 Å². The molecule has 2 N–H and O–H groups in total. The molecule has 4 rings (SSSR count). The Kier molecular flexibility index (Phi) is 6.91. The standard InChI is InChI=1S/C23H12ClF3N2O6S/c24-13-3-1-10(22(32)33)7-12(13)16-6-2-11(35-16)8-17-21(31)29(23(34)36-17)9-18(30)28-15-5-4-14(25)19(26)20(15)27/h1-8H,9H2,(H,28,30)(H,32,33)/b17-8-. The summed E-state index contributed by atoms with van der Waals surface area (Å²) in [6, 6.07) is 8.40. The van der Waals surface area contributed by atoms with Gasteiger partial charge in [0.15, 0.2) is 17.5 Å². The van der Waals surface area contributed by atoms with E-state index in [-0.39, 0.29) is 27.0 Å². The number of carbonyl (C=O) groups excluding carboxylic acids is 3. The van der Waals surface area contributed by atoms with E-state index in [0.717, 1.165) is 6.07 Å². The second-order valence-electron chi connectivity index (χ2n) is 7.24. The molecule has 3 aromatic rings. The number of furan rings is 1. The Morgan fingerprint density at radius 2 is 1.83 bits per heavy atom. The molecule has 1 aliphatic rings. The molecule has 8 nitrogen and oxygen atoms in total. The third kappa shape index (κ3) is 4.99. The van der Waals surface area contributed by atoms with E-state index in [1.165, 1.54) is 36.4 Å². The molecule has 0 radical (unpaired) electrons. The molecule has 36 heavy (non-hydrogen) atoms. The minimum Gasteiger partial charge on any atom is -0.478 e. The lowest BCUT2D eigenvalue weighted by molar-refractivity contribution is -0.127. The van der Waals surface area contributed by atoms with Gasteiger partial charge < -0.3 is 14.8 Å². The van der Waals surface area contributed by atoms with Crippen molar-refractivity contribution in [2.24, 2.45) is 0 Å². The van der Waals surface area contributed by atoms with Crippen molar-refractivity contribution in [1.29, 1.82) is 0 Å². The van der Waals surface area contributed by atoms with Gasteiger partial charge in [-0.3, -0.25) is 19.3 Å². The Labute approximate surface area is 209 Å². The zero-order valence-corrected chi connectivity index (χ0v) is 19.3. The number of imide groups is 1. The molecular weight excluding hydrogens is 525 g/mol. The lowest BCUT2D eigenvalue weighted by Crippen LogP contribution is -2.36. The third-order valence-corrected chi connectivity index (χ3v) is 6.10. The van der Waals surface area contributed by atoms with Crippen LogP contribution in [0, 0.1) is 17.5 Å². The van der Waals surface area contributed by atoms with Gasteiger partial charge in [-0.2, -0.15) is 0 Å². The van der Waals surface area contributed by atoms with Crippen molar-refractivity contribution in [1.82, 2.24) is 4.90 Å². The van der Waals surface area contributed by atoms with Gasteiger partial charge >= 0.3 is 5.97 Å². The number of nitrogens with one attached hydrogen (secondary N) is 1. The second kappa shape index (κ2) is 9.91. The largest absolute Gasteiger partial charge is 0.478 e. The van der Waals surface area contributed by atoms with Crippen LogP contribution in [0.4, 0.5) is 23.7 Å². The number of thioether (sulfide) groups is 1. The van der Waals surface area contributed by atoms with Crippen LogP contribution in [-0.2, 0) is 9.59 Å². The highest BCUT2D eigenvalue weighted by Crippen LogP contribution is 2.35. The number of rotatable bonds is 6. The van der Waals surface area contributed by atoms with E-state index < -0.39 is 52.7 Å². The summed E-state index contributed by atoms with van der Waals surface area (Å²) in [4.78, 5) is 48.8. The number of carbonyl (C=O) groups is 4. The molecule has 0 unspecified atom stereocenters. The van der Waals surface area contributed by atoms with Crippen LogP contribution in [0.25, 0.3) is 17.4 Å². The van der Waals surface area contributed by atoms with Crippen LogP contribution in [0.1, 0.15) is 16.1 Å². The number of hydrogen-bond acceptors (Lipinski definition) is 6. The minimum atomic E-state index is -1.78. The van der Waals surface area contributed by atoms with Gasteiger partial charge in [0.2, 0.25) is 5.91 Å². The maximum Gasteiger partial charge on any atom is 0.335 e. The highest BCUT2D eigenvalue weighted by atomic mass is 35.5. The van der Waals surface area contributed by atoms with Crippen LogP contribution >= 0.6 is 23.4 Å². The fraction of sp³-hybridized carbons (Fsp3) is 0.0435. The Bertz CT molecular complexity index is 1470. The average Bonchev–Trinajstić information content (AvgIpc) is 3.39. The van der Waals surface area contributed by atoms with E-state index in [9.17, 15) is 32.3 Å². The zero-order valence-electron chi connectivity index (χ0n) is 17.7. The molecule has 1 fully saturated rings. The Morgan fingerprint density at radius 3 is 2.56 bits per heavy atom. The molecule has 0 bridgehead atoms. The number of nitrogens with zero attached hydrogens (tertiary/aromatic N) is 1. The predicted molar refractivity (Wildman–Crippen MR) is 124 cm³/mol. The van der Waals surface area contributed by atoms with E-state index >= 15 is 0 Å². The van der Waals surface area contributed by atoms with Gasteiger partial charge in [-0.25, -0.2) is 18.0 Å². The Morgan fingerprint density at radius 1 is 1.08 bits per heavy atom. The number of carboxylic acids is 1. The van der Waals surface area contributed by atoms with Crippen LogP contribution in [0.15, 0.2) is 51.8 Å². The molecule has 1 saturated heterocycles. The monoisotopic (exact) mass is 536 g/mol. The normalized spacial score (nSPS) is 14.6. The van der Waals surface area contributed by atoms with E-state index in [1.54, 1.807) is 0 Å². The van der Waals surface area contributed by atoms with Gasteiger partial charge in [-0.1, -0.05) is 11.6 Å². The first-order valence-electron chi connectivity index (χ1n) is 9.87. The van der Waals surface area contributed by atoms with Gasteiger partial charge in [0.05, 0.1) is 21.2 Å². The summed E-state index contributed by atoms with van der Waals surface area (Å²) in [6.45, 7) is -0.804. The molecular formula is C23H12ClF3N2O6S. The number of benzene rings is 2. The van der Waals surface area contributed by atoms with Gasteiger partial charge in [0, 0.05) is 11.6 Å². The molecule has 13 heteroatoms. The summed E-state index contributed by atoms with van der Waals surface area (Å²) >= 11 is 6.65. The molecule has 3 amide bonds. The fourth-order valence-electron chi connectivity index (χ4n) is 3.14. The predicted octanol–water partition coefficient (Wildman–Crippen LogP) is 5.39. The van der Waals surface area contributed by atoms with Crippen LogP contribution < -0.4 is 5.32 Å². The summed E-state index contributed by atoms with van der Waals surface area (Å²) in [5.41, 5.74) is -0.379. The highest BCUT2D eigenvalue weighted by molar-refractivity contribution is 8.18. The first-order chi connectivity index (χ1) is 17.0. The first kappa shape index (κ1) is 25.1. The fourth-order valence-corrected chi connectivity index (χ4v) is 4.17. The van der Waals surface area contributed by atoms with Crippen LogP contribution in [0.3, 0.4) is 0 Å². The van der Waals surface area contributed by atoms with E-state index in [4.69, 9.17) is 21.1 Å². The highest BCUT2D eigenvalue weighted by Gasteiger charge is 2.36. The van der Waals surface area contributed by atoms with E-state index in [2.05, 4.69) is 0 Å². The van der Waals surface area contributed by atoms with Crippen molar-refractivity contribution in [2.75, 3.05) is 11.9 Å². The summed E-state index contributed by atoms with van der Waals surface area (Å²) < 4.78 is 45.8. The van der Waals surface area contributed by atoms with E-state index in [1.807, 2.05) is 5.32 Å². The van der Waals surface area contributed by atoms with Crippen molar-refractivity contribution in [3.8, 4) is 11.3 Å². The van der Waals surface area contributed by atoms with Gasteiger partial charge in [-0.05, 0) is 54.2 Å². The van der Waals surface area contributed by atoms with E-state index in [0.29, 0.717) is 28.3 Å². The van der Waals surface area contributed by atoms with Crippen molar-refractivity contribution in [3.05, 3.63) is 81.2 Å². The van der Waals surface area contributed by atoms with Crippen LogP contribution in [0.2, 0.25) is 5.02 Å². The Hall–Kier alpha value is -4.03. The minimum absolute atomic E-state index is 0.0185. The van der Waals surface area contributed by atoms with Crippen molar-refractivity contribution in [3.63, 3.8) is 0 Å². The van der Waals surface area contributed by atoms with Gasteiger partial charge in [0.1, 0.15) is 18.1 Å². The SMILES string of the molecule is O=C(CN1C(=O)S/C(=C\c2ccc(-c3cc(C(=O)O)ccc3Cl)o2)C1=O)Nc1ccc(F)c(F)c1F. The molecule has 2 heterocycles. The van der Waals surface area contributed by atoms with Crippen LogP contribution in [0.5, 0.6) is 0 Å². The molecule has 0 saturated carbocycles. The molecule has 1 aromatic heterocycles. The second-order valence-corrected chi connectivity index (χ2v) is 8.64. The molecule has 184 valence electrons. The van der Waals surface area contributed by atoms with Crippen molar-refractivity contribution >= 4 is 58.1 Å². The number of hydrogen-bond donors (Lipinski definition) is 2. The molecule has 1 aliphatic heterocycles. The zero-order chi connectivity index (χ0) is 26.1. The summed E-state index contributed by atoms with van der Waals surface area (Å²) in [7, 11) is 0. The number of amides is 3. The number of anilines is 1. The quantitative estimate of drug-likeness (QED) is 0.320. The average molecular weight is 537 g/mol. The lowest BCUT2D eigenvalue weighted by Gasteiger charge is -2.13. The van der Waals surface area contributed by atoms with Crippen LogP contribution in [-0.4, -0.2) is 39.6 Å². The smallest absolute Gasteiger partial charge is 0.335 e. The maximum atomic E-state index is 13.8. The molecule has 0 aliphatic carbocycles. The summed E-state index contributed by atoms with van der Waals surface area (Å²) in [6.07, 6.45) is 1.25. The molecule has 0 spiro atoms. The topological polar surface area (TPSA) is 117 Å². The van der Waals surface area contributed by atoms with Crippen molar-refractivity contribution in [2.45, 2.75) is 0 Å². The molecule has 0 atom stereocenters. The number of halogens is 4. The first-order valence-corrected chi connectivity index (χ1v) is 11.1. The molecule has 2 aromatic carbocycles. The third-order valence-electron chi connectivity index (χ3n) is 4.86. The number of aromatic carboxylic acids is 1. The Balaban J connectivity index is 1.49. The number of carboxylic acid groups (broad SMARTS) is 1. The lowest BCUT2D eigenvalue weighted by atomic mass is 10.1. The summed E-state index contributed by atoms with van der Waals surface area (Å²) in [5.74, 6) is -7.52. The van der Waals surface area contributed by atoms with Gasteiger partial charge in [-0.15, -0.1) is 0 Å².